The van der Waals surface area contributed by atoms with E-state index in [-0.39, 0.29) is 23.6 Å². The first kappa shape index (κ1) is 24.6. The van der Waals surface area contributed by atoms with Crippen molar-refractivity contribution in [3.05, 3.63) is 94.1 Å². The van der Waals surface area contributed by atoms with Crippen molar-refractivity contribution in [3.8, 4) is 5.75 Å². The maximum atomic E-state index is 13.1. The first-order valence-corrected chi connectivity index (χ1v) is 11.6. The van der Waals surface area contributed by atoms with Gasteiger partial charge >= 0.3 is 0 Å². The monoisotopic (exact) mass is 490 g/mol. The number of nitro groups is 1. The summed E-state index contributed by atoms with van der Waals surface area (Å²) in [7, 11) is 0. The number of Topliss-reactive ketones (excluding diaryl/α,β-unsaturated/α-hetero) is 1. The van der Waals surface area contributed by atoms with Crippen molar-refractivity contribution in [1.82, 2.24) is 14.5 Å². The first-order chi connectivity index (χ1) is 17.4. The maximum Gasteiger partial charge on any atom is 0.295 e. The zero-order valence-corrected chi connectivity index (χ0v) is 19.7. The SMILES string of the molecule is CCCOc1ccc(/C(O)=C2\C(=O)C(=O)N(CCCn3ccnc3)C2c2ccc([N+](=O)[O-])cc2)cc1. The lowest BCUT2D eigenvalue weighted by molar-refractivity contribution is -0.384. The topological polar surface area (TPSA) is 128 Å². The smallest absolute Gasteiger partial charge is 0.295 e. The number of aromatic nitrogens is 2. The van der Waals surface area contributed by atoms with E-state index in [4.69, 9.17) is 4.74 Å². The van der Waals surface area contributed by atoms with E-state index in [9.17, 15) is 24.8 Å². The van der Waals surface area contributed by atoms with E-state index in [0.717, 1.165) is 6.42 Å². The summed E-state index contributed by atoms with van der Waals surface area (Å²) >= 11 is 0. The number of nitrogens with zero attached hydrogens (tertiary/aromatic N) is 4. The van der Waals surface area contributed by atoms with Crippen LogP contribution in [0.4, 0.5) is 5.69 Å². The number of non-ortho nitro benzene ring substituents is 1. The van der Waals surface area contributed by atoms with Gasteiger partial charge in [-0.25, -0.2) is 4.98 Å². The Hall–Kier alpha value is -4.47. The van der Waals surface area contributed by atoms with Gasteiger partial charge in [0, 0.05) is 43.2 Å². The number of carbonyl (C=O) groups excluding carboxylic acids is 2. The molecule has 0 radical (unpaired) electrons. The van der Waals surface area contributed by atoms with E-state index in [1.807, 2.05) is 11.5 Å². The Bertz CT molecular complexity index is 1270. The fourth-order valence-corrected chi connectivity index (χ4v) is 4.16. The van der Waals surface area contributed by atoms with Crippen LogP contribution in [0.25, 0.3) is 5.76 Å². The minimum atomic E-state index is -0.885. The molecule has 0 spiro atoms. The van der Waals surface area contributed by atoms with Crippen LogP contribution in [0.3, 0.4) is 0 Å². The Balaban J connectivity index is 1.70. The summed E-state index contributed by atoms with van der Waals surface area (Å²) in [5.74, 6) is -1.21. The average molecular weight is 491 g/mol. The van der Waals surface area contributed by atoms with Gasteiger partial charge in [0.05, 0.1) is 29.5 Å². The molecule has 1 aliphatic rings. The number of ether oxygens (including phenoxy) is 1. The molecule has 1 amide bonds. The number of ketones is 1. The summed E-state index contributed by atoms with van der Waals surface area (Å²) in [5.41, 5.74) is 0.686. The standard InChI is InChI=1S/C26H26N4O6/c1-2-16-36-21-10-6-19(7-11-21)24(31)22-23(18-4-8-20(9-5-18)30(34)35)29(26(33)25(22)32)14-3-13-28-15-12-27-17-28/h4-12,15,17,23,31H,2-3,13-14,16H2,1H3/b24-22+. The van der Waals surface area contributed by atoms with Gasteiger partial charge in [-0.05, 0) is 54.8 Å². The number of imidazole rings is 1. The largest absolute Gasteiger partial charge is 0.507 e. The molecule has 4 rings (SSSR count). The third kappa shape index (κ3) is 5.12. The molecule has 2 heterocycles. The van der Waals surface area contributed by atoms with Gasteiger partial charge in [-0.3, -0.25) is 19.7 Å². The van der Waals surface area contributed by atoms with Crippen molar-refractivity contribution in [1.29, 1.82) is 0 Å². The number of carbonyl (C=O) groups is 2. The Morgan fingerprint density at radius 3 is 2.44 bits per heavy atom. The summed E-state index contributed by atoms with van der Waals surface area (Å²) in [4.78, 5) is 42.2. The molecule has 36 heavy (non-hydrogen) atoms. The highest BCUT2D eigenvalue weighted by Crippen LogP contribution is 2.40. The van der Waals surface area contributed by atoms with E-state index in [1.165, 1.54) is 29.2 Å². The molecular formula is C26H26N4O6. The molecule has 3 aromatic rings. The third-order valence-corrected chi connectivity index (χ3v) is 5.93. The minimum Gasteiger partial charge on any atom is -0.507 e. The molecule has 186 valence electrons. The molecule has 1 saturated heterocycles. The Morgan fingerprint density at radius 2 is 1.83 bits per heavy atom. The van der Waals surface area contributed by atoms with E-state index >= 15 is 0 Å². The average Bonchev–Trinajstić information content (AvgIpc) is 3.50. The van der Waals surface area contributed by atoms with E-state index in [1.54, 1.807) is 43.0 Å². The summed E-state index contributed by atoms with van der Waals surface area (Å²) in [6, 6.07) is 11.4. The van der Waals surface area contributed by atoms with Gasteiger partial charge in [-0.1, -0.05) is 6.92 Å². The lowest BCUT2D eigenvalue weighted by Crippen LogP contribution is -2.31. The molecule has 1 atom stereocenters. The number of amides is 1. The van der Waals surface area contributed by atoms with Crippen LogP contribution in [0, 0.1) is 10.1 Å². The highest BCUT2D eigenvalue weighted by molar-refractivity contribution is 6.46. The van der Waals surface area contributed by atoms with Crippen molar-refractivity contribution in [2.75, 3.05) is 13.2 Å². The first-order valence-electron chi connectivity index (χ1n) is 11.6. The highest BCUT2D eigenvalue weighted by atomic mass is 16.6. The summed E-state index contributed by atoms with van der Waals surface area (Å²) in [6.07, 6.45) is 6.50. The van der Waals surface area contributed by atoms with Crippen molar-refractivity contribution >= 4 is 23.1 Å². The molecule has 1 aromatic heterocycles. The lowest BCUT2D eigenvalue weighted by atomic mass is 9.95. The third-order valence-electron chi connectivity index (χ3n) is 5.93. The van der Waals surface area contributed by atoms with Gasteiger partial charge < -0.3 is 19.3 Å². The van der Waals surface area contributed by atoms with Gasteiger partial charge in [0.15, 0.2) is 0 Å². The van der Waals surface area contributed by atoms with Crippen LogP contribution in [0.1, 0.15) is 36.9 Å². The second kappa shape index (κ2) is 10.9. The fraction of sp³-hybridized carbons (Fsp3) is 0.269. The number of hydrogen-bond acceptors (Lipinski definition) is 7. The number of aryl methyl sites for hydroxylation is 1. The Labute approximate surface area is 207 Å². The molecule has 0 bridgehead atoms. The van der Waals surface area contributed by atoms with Gasteiger partial charge in [-0.15, -0.1) is 0 Å². The van der Waals surface area contributed by atoms with Gasteiger partial charge in [0.2, 0.25) is 0 Å². The van der Waals surface area contributed by atoms with Crippen LogP contribution >= 0.6 is 0 Å². The quantitative estimate of drug-likeness (QED) is 0.149. The van der Waals surface area contributed by atoms with Crippen LogP contribution < -0.4 is 4.74 Å². The van der Waals surface area contributed by atoms with Crippen LogP contribution in [0.15, 0.2) is 72.8 Å². The molecule has 10 heteroatoms. The van der Waals surface area contributed by atoms with Crippen LogP contribution in [-0.2, 0) is 16.1 Å². The molecule has 10 nitrogen and oxygen atoms in total. The highest BCUT2D eigenvalue weighted by Gasteiger charge is 2.45. The minimum absolute atomic E-state index is 0.0567. The second-order valence-corrected chi connectivity index (χ2v) is 8.37. The van der Waals surface area contributed by atoms with Crippen molar-refractivity contribution in [2.45, 2.75) is 32.4 Å². The summed E-state index contributed by atoms with van der Waals surface area (Å²) in [5, 5.41) is 22.3. The predicted molar refractivity (Wildman–Crippen MR) is 131 cm³/mol. The molecule has 1 fully saturated rings. The molecule has 1 unspecified atom stereocenters. The fourth-order valence-electron chi connectivity index (χ4n) is 4.16. The number of hydrogen-bond donors (Lipinski definition) is 1. The van der Waals surface area contributed by atoms with Gasteiger partial charge in [-0.2, -0.15) is 0 Å². The van der Waals surface area contributed by atoms with E-state index in [0.29, 0.717) is 36.4 Å². The number of rotatable bonds is 10. The Morgan fingerprint density at radius 1 is 1.11 bits per heavy atom. The summed E-state index contributed by atoms with van der Waals surface area (Å²) in [6.45, 7) is 3.36. The van der Waals surface area contributed by atoms with Crippen molar-refractivity contribution in [3.63, 3.8) is 0 Å². The van der Waals surface area contributed by atoms with Crippen LogP contribution in [-0.4, -0.2) is 49.3 Å². The van der Waals surface area contributed by atoms with Crippen molar-refractivity contribution in [2.24, 2.45) is 0 Å². The van der Waals surface area contributed by atoms with Gasteiger partial charge in [0.1, 0.15) is 11.5 Å². The zero-order valence-electron chi connectivity index (χ0n) is 19.7. The second-order valence-electron chi connectivity index (χ2n) is 8.37. The number of aliphatic hydroxyl groups excluding tert-OH is 1. The van der Waals surface area contributed by atoms with Gasteiger partial charge in [0.25, 0.3) is 17.4 Å². The molecule has 0 saturated carbocycles. The van der Waals surface area contributed by atoms with Crippen LogP contribution in [0.5, 0.6) is 5.75 Å². The molecule has 1 N–H and O–H groups in total. The molecule has 1 aliphatic heterocycles. The maximum absolute atomic E-state index is 13.1. The van der Waals surface area contributed by atoms with E-state index in [2.05, 4.69) is 4.98 Å². The summed E-state index contributed by atoms with van der Waals surface area (Å²) < 4.78 is 7.44. The normalized spacial score (nSPS) is 16.9. The zero-order chi connectivity index (χ0) is 25.7. The number of aliphatic hydroxyl groups is 1. The number of benzene rings is 2. The van der Waals surface area contributed by atoms with E-state index < -0.39 is 22.7 Å². The number of likely N-dealkylation sites (tertiary alicyclic amines) is 1. The molecular weight excluding hydrogens is 464 g/mol. The lowest BCUT2D eigenvalue weighted by Gasteiger charge is -2.25. The molecule has 2 aromatic carbocycles. The Kier molecular flexibility index (Phi) is 7.43. The molecule has 0 aliphatic carbocycles. The number of nitro benzene ring substituents is 1. The predicted octanol–water partition coefficient (Wildman–Crippen LogP) is 4.09. The van der Waals surface area contributed by atoms with Crippen LogP contribution in [0.2, 0.25) is 0 Å². The van der Waals surface area contributed by atoms with Crippen molar-refractivity contribution < 1.29 is 24.4 Å².